The molecule has 2 N–H and O–H groups in total. The summed E-state index contributed by atoms with van der Waals surface area (Å²) >= 11 is 0. The highest BCUT2D eigenvalue weighted by molar-refractivity contribution is 6.02. The Morgan fingerprint density at radius 3 is 2.31 bits per heavy atom. The van der Waals surface area contributed by atoms with E-state index < -0.39 is 6.04 Å². The van der Waals surface area contributed by atoms with Crippen LogP contribution in [-0.2, 0) is 16.1 Å². The summed E-state index contributed by atoms with van der Waals surface area (Å²) in [7, 11) is 3.60. The van der Waals surface area contributed by atoms with Crippen LogP contribution in [0.15, 0.2) is 78.9 Å². The van der Waals surface area contributed by atoms with Crippen molar-refractivity contribution < 1.29 is 14.3 Å². The number of ether oxygens (including phenoxy) is 1. The number of hydrogen-bond acceptors (Lipinski definition) is 7. The fraction of sp³-hybridized carbons (Fsp3) is 0.222. The van der Waals surface area contributed by atoms with E-state index in [1.54, 1.807) is 31.1 Å². The van der Waals surface area contributed by atoms with E-state index in [0.29, 0.717) is 18.0 Å². The van der Waals surface area contributed by atoms with Crippen molar-refractivity contribution in [1.29, 1.82) is 0 Å². The van der Waals surface area contributed by atoms with E-state index in [0.717, 1.165) is 22.3 Å². The number of aromatic nitrogens is 4. The fourth-order valence-corrected chi connectivity index (χ4v) is 3.81. The quantitative estimate of drug-likeness (QED) is 0.315. The van der Waals surface area contributed by atoms with Crippen LogP contribution < -0.4 is 5.32 Å². The Balaban J connectivity index is 1.51. The molecule has 0 aliphatic heterocycles. The van der Waals surface area contributed by atoms with Crippen LogP contribution in [0.2, 0.25) is 0 Å². The molecule has 1 aromatic heterocycles. The number of nitrogens with zero attached hydrogens (tertiary/aromatic N) is 4. The third-order valence-corrected chi connectivity index (χ3v) is 5.52. The molecule has 1 amide bonds. The van der Waals surface area contributed by atoms with Gasteiger partial charge in [0.15, 0.2) is 11.6 Å². The van der Waals surface area contributed by atoms with Gasteiger partial charge in [-0.3, -0.25) is 9.59 Å². The molecular formula is C27H28N6O3. The molecule has 1 heterocycles. The SMILES string of the molecule is CN(C)CC(=O)NC(COCc1ccccc1)C(=O)c1ccc(-c2ccccc2-c2nnn[nH]2)cc1. The van der Waals surface area contributed by atoms with Gasteiger partial charge in [0.05, 0.1) is 19.8 Å². The molecule has 4 aromatic rings. The highest BCUT2D eigenvalue weighted by Crippen LogP contribution is 2.29. The Bertz CT molecular complexity index is 1270. The number of hydrogen-bond donors (Lipinski definition) is 2. The summed E-state index contributed by atoms with van der Waals surface area (Å²) < 4.78 is 5.81. The highest BCUT2D eigenvalue weighted by Gasteiger charge is 2.23. The Morgan fingerprint density at radius 2 is 1.64 bits per heavy atom. The molecule has 0 radical (unpaired) electrons. The summed E-state index contributed by atoms with van der Waals surface area (Å²) in [6, 6.07) is 23.9. The van der Waals surface area contributed by atoms with Gasteiger partial charge in [0.2, 0.25) is 5.91 Å². The average Bonchev–Trinajstić information content (AvgIpc) is 3.43. The molecule has 0 aliphatic carbocycles. The first-order valence-corrected chi connectivity index (χ1v) is 11.5. The molecule has 0 fully saturated rings. The summed E-state index contributed by atoms with van der Waals surface area (Å²) in [5.74, 6) is 0.104. The van der Waals surface area contributed by atoms with Gasteiger partial charge in [0.1, 0.15) is 6.04 Å². The second kappa shape index (κ2) is 12.0. The Morgan fingerprint density at radius 1 is 0.944 bits per heavy atom. The molecular weight excluding hydrogens is 456 g/mol. The lowest BCUT2D eigenvalue weighted by Crippen LogP contribution is -2.47. The molecule has 36 heavy (non-hydrogen) atoms. The number of amides is 1. The van der Waals surface area contributed by atoms with Gasteiger partial charge in [-0.1, -0.05) is 78.9 Å². The molecule has 9 nitrogen and oxygen atoms in total. The van der Waals surface area contributed by atoms with Crippen molar-refractivity contribution >= 4 is 11.7 Å². The van der Waals surface area contributed by atoms with E-state index in [2.05, 4.69) is 25.9 Å². The predicted octanol–water partition coefficient (Wildman–Crippen LogP) is 2.98. The minimum absolute atomic E-state index is 0.0655. The number of H-pyrrole nitrogens is 1. The summed E-state index contributed by atoms with van der Waals surface area (Å²) in [5, 5.41) is 16.9. The minimum Gasteiger partial charge on any atom is -0.374 e. The van der Waals surface area contributed by atoms with E-state index >= 15 is 0 Å². The number of aromatic amines is 1. The van der Waals surface area contributed by atoms with Gasteiger partial charge in [0.25, 0.3) is 0 Å². The topological polar surface area (TPSA) is 113 Å². The van der Waals surface area contributed by atoms with Crippen molar-refractivity contribution in [3.8, 4) is 22.5 Å². The zero-order valence-corrected chi connectivity index (χ0v) is 20.2. The second-order valence-electron chi connectivity index (χ2n) is 8.60. The summed E-state index contributed by atoms with van der Waals surface area (Å²) in [4.78, 5) is 27.6. The number of ketones is 1. The summed E-state index contributed by atoms with van der Waals surface area (Å²) in [5.41, 5.74) is 4.16. The number of nitrogens with one attached hydrogen (secondary N) is 2. The van der Waals surface area contributed by atoms with Gasteiger partial charge in [0, 0.05) is 11.1 Å². The molecule has 1 unspecified atom stereocenters. The molecule has 0 bridgehead atoms. The maximum atomic E-state index is 13.4. The molecule has 4 rings (SSSR count). The first-order valence-electron chi connectivity index (χ1n) is 11.5. The van der Waals surface area contributed by atoms with Gasteiger partial charge >= 0.3 is 0 Å². The van der Waals surface area contributed by atoms with Crippen molar-refractivity contribution in [1.82, 2.24) is 30.8 Å². The molecule has 1 atom stereocenters. The van der Waals surface area contributed by atoms with E-state index in [4.69, 9.17) is 4.74 Å². The monoisotopic (exact) mass is 484 g/mol. The van der Waals surface area contributed by atoms with Crippen LogP contribution in [0.5, 0.6) is 0 Å². The Hall–Kier alpha value is -4.21. The molecule has 0 saturated heterocycles. The largest absolute Gasteiger partial charge is 0.374 e. The first kappa shape index (κ1) is 24.9. The van der Waals surface area contributed by atoms with E-state index in [-0.39, 0.29) is 24.8 Å². The van der Waals surface area contributed by atoms with Crippen LogP contribution in [-0.4, -0.2) is 70.5 Å². The Labute approximate surface area is 209 Å². The smallest absolute Gasteiger partial charge is 0.234 e. The van der Waals surface area contributed by atoms with Crippen LogP contribution in [0.4, 0.5) is 0 Å². The van der Waals surface area contributed by atoms with E-state index in [9.17, 15) is 9.59 Å². The van der Waals surface area contributed by atoms with Gasteiger partial charge < -0.3 is 15.0 Å². The van der Waals surface area contributed by atoms with Crippen molar-refractivity contribution in [2.24, 2.45) is 0 Å². The van der Waals surface area contributed by atoms with Gasteiger partial charge in [-0.05, 0) is 41.2 Å². The van der Waals surface area contributed by atoms with Gasteiger partial charge in [-0.25, -0.2) is 5.10 Å². The van der Waals surface area contributed by atoms with Crippen LogP contribution >= 0.6 is 0 Å². The third-order valence-electron chi connectivity index (χ3n) is 5.52. The van der Waals surface area contributed by atoms with Crippen molar-refractivity contribution in [3.05, 3.63) is 90.0 Å². The molecule has 0 aliphatic rings. The standard InChI is InChI=1S/C27H28N6O3/c1-33(2)16-25(34)28-24(18-36-17-19-8-4-3-5-9-19)26(35)21-14-12-20(13-15-21)22-10-6-7-11-23(22)27-29-31-32-30-27/h3-15,24H,16-18H2,1-2H3,(H,28,34)(H,29,30,31,32). The lowest BCUT2D eigenvalue weighted by molar-refractivity contribution is -0.122. The number of rotatable bonds is 11. The predicted molar refractivity (Wildman–Crippen MR) is 136 cm³/mol. The van der Waals surface area contributed by atoms with Crippen molar-refractivity contribution in [3.63, 3.8) is 0 Å². The summed E-state index contributed by atoms with van der Waals surface area (Å²) in [6.07, 6.45) is 0. The lowest BCUT2D eigenvalue weighted by Gasteiger charge is -2.19. The lowest BCUT2D eigenvalue weighted by atomic mass is 9.96. The fourth-order valence-electron chi connectivity index (χ4n) is 3.81. The molecule has 184 valence electrons. The maximum absolute atomic E-state index is 13.4. The molecule has 0 saturated carbocycles. The third kappa shape index (κ3) is 6.47. The van der Waals surface area contributed by atoms with Crippen molar-refractivity contribution in [2.75, 3.05) is 27.2 Å². The minimum atomic E-state index is -0.806. The van der Waals surface area contributed by atoms with Crippen LogP contribution in [0.1, 0.15) is 15.9 Å². The number of carbonyl (C=O) groups is 2. The Kier molecular flexibility index (Phi) is 8.28. The maximum Gasteiger partial charge on any atom is 0.234 e. The second-order valence-corrected chi connectivity index (χ2v) is 8.60. The van der Waals surface area contributed by atoms with E-state index in [1.165, 1.54) is 0 Å². The normalized spacial score (nSPS) is 11.9. The molecule has 9 heteroatoms. The van der Waals surface area contributed by atoms with Gasteiger partial charge in [-0.2, -0.15) is 0 Å². The molecule has 3 aromatic carbocycles. The van der Waals surface area contributed by atoms with Crippen LogP contribution in [0.3, 0.4) is 0 Å². The van der Waals surface area contributed by atoms with Crippen molar-refractivity contribution in [2.45, 2.75) is 12.6 Å². The molecule has 0 spiro atoms. The van der Waals surface area contributed by atoms with Crippen LogP contribution in [0.25, 0.3) is 22.5 Å². The number of tetrazole rings is 1. The number of carbonyl (C=O) groups excluding carboxylic acids is 2. The zero-order valence-electron chi connectivity index (χ0n) is 20.2. The van der Waals surface area contributed by atoms with Crippen LogP contribution in [0, 0.1) is 0 Å². The number of likely N-dealkylation sites (N-methyl/N-ethyl adjacent to an activating group) is 1. The summed E-state index contributed by atoms with van der Waals surface area (Å²) in [6.45, 7) is 0.588. The average molecular weight is 485 g/mol. The van der Waals surface area contributed by atoms with Gasteiger partial charge in [-0.15, -0.1) is 5.10 Å². The highest BCUT2D eigenvalue weighted by atomic mass is 16.5. The van der Waals surface area contributed by atoms with E-state index in [1.807, 2.05) is 66.7 Å². The first-order chi connectivity index (χ1) is 17.5. The zero-order chi connectivity index (χ0) is 25.3. The number of Topliss-reactive ketones (excluding diaryl/α,β-unsaturated/α-hetero) is 1. The number of benzene rings is 3.